The molecule has 0 saturated heterocycles. The molecule has 0 unspecified atom stereocenters. The Hall–Kier alpha value is -8.65. The summed E-state index contributed by atoms with van der Waals surface area (Å²) in [7, 11) is 0. The van der Waals surface area contributed by atoms with Gasteiger partial charge in [-0.05, 0) is 117 Å². The lowest BCUT2D eigenvalue weighted by molar-refractivity contribution is 1.41. The molecule has 0 spiro atoms. The Kier molecular flexibility index (Phi) is 9.93. The van der Waals surface area contributed by atoms with Crippen molar-refractivity contribution in [2.75, 3.05) is 0 Å². The van der Waals surface area contributed by atoms with E-state index in [1.165, 1.54) is 105 Å². The molecule has 66 heavy (non-hydrogen) atoms. The van der Waals surface area contributed by atoms with Crippen LogP contribution < -0.4 is 0 Å². The van der Waals surface area contributed by atoms with E-state index in [4.69, 9.17) is 4.98 Å². The van der Waals surface area contributed by atoms with Crippen molar-refractivity contribution >= 4 is 32.4 Å². The number of benzene rings is 11. The van der Waals surface area contributed by atoms with Gasteiger partial charge in [-0.3, -0.25) is 4.98 Å². The zero-order chi connectivity index (χ0) is 43.8. The second-order valence-corrected chi connectivity index (χ2v) is 16.9. The third kappa shape index (κ3) is 6.86. The second kappa shape index (κ2) is 16.8. The number of aromatic nitrogens is 1. The largest absolute Gasteiger partial charge is 0.256 e. The first-order valence-electron chi connectivity index (χ1n) is 22.7. The molecule has 0 aliphatic carbocycles. The minimum atomic E-state index is 1.02. The maximum absolute atomic E-state index is 4.88. The van der Waals surface area contributed by atoms with E-state index in [2.05, 4.69) is 249 Å². The van der Waals surface area contributed by atoms with Crippen LogP contribution in [-0.4, -0.2) is 4.98 Å². The predicted molar refractivity (Wildman–Crippen MR) is 280 cm³/mol. The number of para-hydroxylation sites is 1. The molecule has 0 saturated carbocycles. The van der Waals surface area contributed by atoms with Crippen molar-refractivity contribution in [1.82, 2.24) is 4.98 Å². The van der Waals surface area contributed by atoms with Gasteiger partial charge in [0, 0.05) is 17.1 Å². The fraction of sp³-hybridized carbons (Fsp3) is 0. The van der Waals surface area contributed by atoms with Gasteiger partial charge in [0.1, 0.15) is 0 Å². The lowest BCUT2D eigenvalue weighted by Crippen LogP contribution is -1.98. The van der Waals surface area contributed by atoms with Crippen LogP contribution in [0.3, 0.4) is 0 Å². The van der Waals surface area contributed by atoms with Crippen LogP contribution in [0.4, 0.5) is 0 Å². The van der Waals surface area contributed by atoms with Gasteiger partial charge in [0.2, 0.25) is 0 Å². The summed E-state index contributed by atoms with van der Waals surface area (Å²) in [4.78, 5) is 4.88. The Labute approximate surface area is 385 Å². The normalized spacial score (nSPS) is 11.3. The van der Waals surface area contributed by atoms with Crippen molar-refractivity contribution in [3.8, 4) is 89.0 Å². The summed E-state index contributed by atoms with van der Waals surface area (Å²) in [6, 6.07) is 92.7. The van der Waals surface area contributed by atoms with E-state index in [1.54, 1.807) is 0 Å². The van der Waals surface area contributed by atoms with Gasteiger partial charge in [0.05, 0.1) is 5.52 Å². The fourth-order valence-electron chi connectivity index (χ4n) is 10.2. The first-order chi connectivity index (χ1) is 32.8. The van der Waals surface area contributed by atoms with E-state index in [0.29, 0.717) is 0 Å². The van der Waals surface area contributed by atoms with Crippen molar-refractivity contribution in [1.29, 1.82) is 0 Å². The minimum absolute atomic E-state index is 1.02. The van der Waals surface area contributed by atoms with Gasteiger partial charge in [-0.1, -0.05) is 243 Å². The Morgan fingerprint density at radius 3 is 1.08 bits per heavy atom. The summed E-state index contributed by atoms with van der Waals surface area (Å²) in [5.41, 5.74) is 20.2. The van der Waals surface area contributed by atoms with Gasteiger partial charge < -0.3 is 0 Å². The quantitative estimate of drug-likeness (QED) is 0.139. The van der Waals surface area contributed by atoms with Gasteiger partial charge >= 0.3 is 0 Å². The number of nitrogens with zero attached hydrogens (tertiary/aromatic N) is 1. The van der Waals surface area contributed by atoms with Crippen LogP contribution >= 0.6 is 0 Å². The molecule has 0 atom stereocenters. The van der Waals surface area contributed by atoms with Crippen molar-refractivity contribution < 1.29 is 0 Å². The van der Waals surface area contributed by atoms with Gasteiger partial charge in [-0.25, -0.2) is 0 Å². The van der Waals surface area contributed by atoms with E-state index in [9.17, 15) is 0 Å². The third-order valence-corrected chi connectivity index (χ3v) is 13.1. The van der Waals surface area contributed by atoms with Gasteiger partial charge in [0.15, 0.2) is 0 Å². The SMILES string of the molecule is c1ccc(-c2cc(-c3ccc(-c4ccc(-c5c6ccccc6c(-c6cccc7cccnc67)c6ccccc56)cc4)cc3)c(-c3ccccc3)c(-c3ccccc3)c2-c2ccccc2)cc1. The van der Waals surface area contributed by atoms with Crippen LogP contribution in [0.2, 0.25) is 0 Å². The lowest BCUT2D eigenvalue weighted by atomic mass is 9.79. The van der Waals surface area contributed by atoms with Crippen molar-refractivity contribution in [2.24, 2.45) is 0 Å². The summed E-state index contributed by atoms with van der Waals surface area (Å²) in [6.07, 6.45) is 1.90. The summed E-state index contributed by atoms with van der Waals surface area (Å²) >= 11 is 0. The Morgan fingerprint density at radius 2 is 0.576 bits per heavy atom. The van der Waals surface area contributed by atoms with E-state index in [0.717, 1.165) is 16.5 Å². The van der Waals surface area contributed by atoms with Crippen LogP contribution in [0.1, 0.15) is 0 Å². The van der Waals surface area contributed by atoms with Crippen LogP contribution in [0.25, 0.3) is 121 Å². The number of pyridine rings is 1. The molecule has 0 N–H and O–H groups in total. The molecule has 12 rings (SSSR count). The van der Waals surface area contributed by atoms with E-state index < -0.39 is 0 Å². The summed E-state index contributed by atoms with van der Waals surface area (Å²) in [6.45, 7) is 0. The summed E-state index contributed by atoms with van der Waals surface area (Å²) in [5.74, 6) is 0. The topological polar surface area (TPSA) is 12.9 Å². The van der Waals surface area contributed by atoms with Crippen molar-refractivity contribution in [3.63, 3.8) is 0 Å². The molecule has 1 nitrogen and oxygen atoms in total. The Morgan fingerprint density at radius 1 is 0.212 bits per heavy atom. The first kappa shape index (κ1) is 39.0. The van der Waals surface area contributed by atoms with Crippen LogP contribution in [0.15, 0.2) is 261 Å². The van der Waals surface area contributed by atoms with Gasteiger partial charge in [-0.15, -0.1) is 0 Å². The zero-order valence-electron chi connectivity index (χ0n) is 36.3. The van der Waals surface area contributed by atoms with Crippen molar-refractivity contribution in [2.45, 2.75) is 0 Å². The molecule has 11 aromatic carbocycles. The minimum Gasteiger partial charge on any atom is -0.256 e. The molecular formula is C65H43N. The maximum Gasteiger partial charge on any atom is 0.0780 e. The smallest absolute Gasteiger partial charge is 0.0780 e. The van der Waals surface area contributed by atoms with Crippen LogP contribution in [-0.2, 0) is 0 Å². The first-order valence-corrected chi connectivity index (χ1v) is 22.7. The average molecular weight is 838 g/mol. The second-order valence-electron chi connectivity index (χ2n) is 16.9. The predicted octanol–water partition coefficient (Wildman–Crippen LogP) is 17.9. The van der Waals surface area contributed by atoms with Crippen LogP contribution in [0.5, 0.6) is 0 Å². The Bertz CT molecular complexity index is 3630. The zero-order valence-corrected chi connectivity index (χ0v) is 36.3. The van der Waals surface area contributed by atoms with E-state index in [-0.39, 0.29) is 0 Å². The lowest BCUT2D eigenvalue weighted by Gasteiger charge is -2.24. The summed E-state index contributed by atoms with van der Waals surface area (Å²) in [5, 5.41) is 6.05. The number of fused-ring (bicyclic) bond motifs is 3. The molecule has 1 heteroatoms. The van der Waals surface area contributed by atoms with Crippen LogP contribution in [0, 0.1) is 0 Å². The number of rotatable bonds is 8. The van der Waals surface area contributed by atoms with E-state index >= 15 is 0 Å². The molecule has 0 aliphatic rings. The highest BCUT2D eigenvalue weighted by Crippen LogP contribution is 2.51. The molecule has 0 aliphatic heterocycles. The molecule has 0 fully saturated rings. The fourth-order valence-corrected chi connectivity index (χ4v) is 10.2. The maximum atomic E-state index is 4.88. The highest BCUT2D eigenvalue weighted by molar-refractivity contribution is 6.23. The van der Waals surface area contributed by atoms with Gasteiger partial charge in [-0.2, -0.15) is 0 Å². The molecule has 1 aromatic heterocycles. The Balaban J connectivity index is 0.997. The number of hydrogen-bond donors (Lipinski definition) is 0. The summed E-state index contributed by atoms with van der Waals surface area (Å²) < 4.78 is 0. The molecule has 12 aromatic rings. The number of hydrogen-bond acceptors (Lipinski definition) is 1. The highest BCUT2D eigenvalue weighted by atomic mass is 14.6. The molecule has 0 bridgehead atoms. The highest BCUT2D eigenvalue weighted by Gasteiger charge is 2.24. The third-order valence-electron chi connectivity index (χ3n) is 13.1. The molecule has 0 radical (unpaired) electrons. The molecule has 1 heterocycles. The monoisotopic (exact) mass is 837 g/mol. The van der Waals surface area contributed by atoms with Crippen molar-refractivity contribution in [3.05, 3.63) is 261 Å². The standard InChI is InChI=1S/C65H43N/c1-5-19-46(20-6-1)58-43-59(62(49-23-9-3-10-24-49)63(50-25-11-4-12-26-50)61(58)48-21-7-2-8-22-48)47-38-34-44(35-39-47)45-36-40-51(41-37-45)60-53-29-13-15-31-55(53)64(56-32-16-14-30-54(56)60)57-33-17-27-52-28-18-42-66-65(52)57/h1-43H. The van der Waals surface area contributed by atoms with Gasteiger partial charge in [0.25, 0.3) is 0 Å². The molecule has 0 amide bonds. The molecular weight excluding hydrogens is 795 g/mol. The average Bonchev–Trinajstić information content (AvgIpc) is 3.40. The molecule has 308 valence electrons. The van der Waals surface area contributed by atoms with E-state index in [1.807, 2.05) is 12.3 Å².